The molecule has 0 spiro atoms. The first kappa shape index (κ1) is 13.4. The highest BCUT2D eigenvalue weighted by Gasteiger charge is 2.14. The molecule has 1 aromatic heterocycles. The summed E-state index contributed by atoms with van der Waals surface area (Å²) in [5, 5.41) is 3.73. The van der Waals surface area contributed by atoms with E-state index in [4.69, 9.17) is 10.5 Å². The number of hydrogen-bond donors (Lipinski definition) is 2. The number of Topliss-reactive ketones (excluding diaryl/α,β-unsaturated/α-hetero) is 1. The number of aromatic nitrogens is 1. The summed E-state index contributed by atoms with van der Waals surface area (Å²) in [6.45, 7) is 1.80. The zero-order valence-corrected chi connectivity index (χ0v) is 11.6. The molecule has 5 nitrogen and oxygen atoms in total. The Morgan fingerprint density at radius 1 is 1.42 bits per heavy atom. The number of thiazole rings is 1. The highest BCUT2D eigenvalue weighted by Crippen LogP contribution is 2.29. The zero-order valence-electron chi connectivity index (χ0n) is 10.8. The highest BCUT2D eigenvalue weighted by atomic mass is 32.1. The van der Waals surface area contributed by atoms with Crippen molar-refractivity contribution in [2.75, 3.05) is 18.2 Å². The van der Waals surface area contributed by atoms with Gasteiger partial charge in [-0.05, 0) is 24.3 Å². The van der Waals surface area contributed by atoms with E-state index in [0.29, 0.717) is 16.4 Å². The Kier molecular flexibility index (Phi) is 4.01. The predicted octanol–water partition coefficient (Wildman–Crippen LogP) is 3.07. The number of hydrogen-bond acceptors (Lipinski definition) is 6. The lowest BCUT2D eigenvalue weighted by molar-refractivity contribution is 0.0992. The molecule has 3 N–H and O–H groups in total. The van der Waals surface area contributed by atoms with Crippen LogP contribution >= 0.6 is 11.3 Å². The summed E-state index contributed by atoms with van der Waals surface area (Å²) in [6.07, 6.45) is 0.425. The second-order valence-corrected chi connectivity index (χ2v) is 4.86. The molecule has 0 atom stereocenters. The highest BCUT2D eigenvalue weighted by molar-refractivity contribution is 7.18. The van der Waals surface area contributed by atoms with E-state index in [1.165, 1.54) is 11.3 Å². The van der Waals surface area contributed by atoms with Crippen molar-refractivity contribution in [3.8, 4) is 5.75 Å². The molecule has 0 bridgehead atoms. The van der Waals surface area contributed by atoms with Crippen molar-refractivity contribution in [2.45, 2.75) is 13.3 Å². The van der Waals surface area contributed by atoms with Gasteiger partial charge in [0.05, 0.1) is 7.11 Å². The monoisotopic (exact) mass is 277 g/mol. The van der Waals surface area contributed by atoms with E-state index < -0.39 is 0 Å². The van der Waals surface area contributed by atoms with Gasteiger partial charge < -0.3 is 15.8 Å². The number of methoxy groups -OCH3 is 1. The van der Waals surface area contributed by atoms with E-state index in [0.717, 1.165) is 11.4 Å². The van der Waals surface area contributed by atoms with Crippen LogP contribution in [0.1, 0.15) is 23.0 Å². The molecule has 0 saturated heterocycles. The van der Waals surface area contributed by atoms with Gasteiger partial charge in [-0.15, -0.1) is 0 Å². The van der Waals surface area contributed by atoms with Gasteiger partial charge in [0.1, 0.15) is 16.4 Å². The molecule has 0 radical (unpaired) electrons. The number of nitrogens with zero attached hydrogens (tertiary/aromatic N) is 1. The number of rotatable bonds is 5. The predicted molar refractivity (Wildman–Crippen MR) is 77.4 cm³/mol. The van der Waals surface area contributed by atoms with Crippen molar-refractivity contribution in [3.05, 3.63) is 29.1 Å². The Bertz CT molecular complexity index is 578. The fraction of sp³-hybridized carbons (Fsp3) is 0.231. The summed E-state index contributed by atoms with van der Waals surface area (Å²) < 4.78 is 5.08. The van der Waals surface area contributed by atoms with Gasteiger partial charge in [-0.2, -0.15) is 0 Å². The van der Waals surface area contributed by atoms with Crippen LogP contribution in [0.3, 0.4) is 0 Å². The molecule has 1 heterocycles. The minimum Gasteiger partial charge on any atom is -0.497 e. The standard InChI is InChI=1S/C13H15N3O2S/c1-3-10(17)11-12(14)16-13(19-11)15-8-4-6-9(18-2)7-5-8/h4-7H,3,14H2,1-2H3,(H,15,16). The Balaban J connectivity index is 2.16. The molecule has 0 aliphatic rings. The average Bonchev–Trinajstić information content (AvgIpc) is 2.79. The van der Waals surface area contributed by atoms with Gasteiger partial charge in [0.15, 0.2) is 10.9 Å². The molecular weight excluding hydrogens is 262 g/mol. The third kappa shape index (κ3) is 3.03. The lowest BCUT2D eigenvalue weighted by Gasteiger charge is -2.03. The molecule has 0 unspecified atom stereocenters. The van der Waals surface area contributed by atoms with Crippen molar-refractivity contribution in [3.63, 3.8) is 0 Å². The number of ketones is 1. The summed E-state index contributed by atoms with van der Waals surface area (Å²) in [4.78, 5) is 16.3. The van der Waals surface area contributed by atoms with Crippen LogP contribution in [0.25, 0.3) is 0 Å². The van der Waals surface area contributed by atoms with Gasteiger partial charge in [-0.25, -0.2) is 4.98 Å². The SMILES string of the molecule is CCC(=O)c1sc(Nc2ccc(OC)cc2)nc1N. The van der Waals surface area contributed by atoms with E-state index in [1.807, 2.05) is 24.3 Å². The third-order valence-electron chi connectivity index (χ3n) is 2.57. The lowest BCUT2D eigenvalue weighted by atomic mass is 10.3. The van der Waals surface area contributed by atoms with E-state index >= 15 is 0 Å². The van der Waals surface area contributed by atoms with Gasteiger partial charge in [0.25, 0.3) is 0 Å². The third-order valence-corrected chi connectivity index (χ3v) is 3.60. The van der Waals surface area contributed by atoms with Gasteiger partial charge in [-0.1, -0.05) is 18.3 Å². The molecule has 2 aromatic rings. The number of benzene rings is 1. The van der Waals surface area contributed by atoms with Crippen LogP contribution in [0.4, 0.5) is 16.6 Å². The minimum atomic E-state index is 0.0118. The van der Waals surface area contributed by atoms with E-state index in [1.54, 1.807) is 14.0 Å². The zero-order chi connectivity index (χ0) is 13.8. The van der Waals surface area contributed by atoms with Crippen molar-refractivity contribution in [2.24, 2.45) is 0 Å². The van der Waals surface area contributed by atoms with Crippen molar-refractivity contribution >= 4 is 33.8 Å². The number of carbonyl (C=O) groups excluding carboxylic acids is 1. The second-order valence-electron chi connectivity index (χ2n) is 3.86. The molecule has 6 heteroatoms. The van der Waals surface area contributed by atoms with Gasteiger partial charge in [0, 0.05) is 12.1 Å². The fourth-order valence-electron chi connectivity index (χ4n) is 1.54. The molecule has 0 amide bonds. The first-order chi connectivity index (χ1) is 9.13. The number of ether oxygens (including phenoxy) is 1. The van der Waals surface area contributed by atoms with Crippen LogP contribution in [0, 0.1) is 0 Å². The molecule has 19 heavy (non-hydrogen) atoms. The first-order valence-electron chi connectivity index (χ1n) is 5.84. The summed E-state index contributed by atoms with van der Waals surface area (Å²) in [6, 6.07) is 7.43. The maximum absolute atomic E-state index is 11.6. The van der Waals surface area contributed by atoms with Crippen LogP contribution in [0.2, 0.25) is 0 Å². The summed E-state index contributed by atoms with van der Waals surface area (Å²) in [5.41, 5.74) is 6.60. The van der Waals surface area contributed by atoms with Crippen LogP contribution in [-0.4, -0.2) is 17.9 Å². The number of anilines is 3. The Morgan fingerprint density at radius 3 is 2.68 bits per heavy atom. The maximum Gasteiger partial charge on any atom is 0.189 e. The molecule has 0 aliphatic carbocycles. The Labute approximate surface area is 115 Å². The summed E-state index contributed by atoms with van der Waals surface area (Å²) in [5.74, 6) is 1.08. The van der Waals surface area contributed by atoms with Crippen molar-refractivity contribution < 1.29 is 9.53 Å². The van der Waals surface area contributed by atoms with Crippen LogP contribution in [0.5, 0.6) is 5.75 Å². The number of nitrogen functional groups attached to an aromatic ring is 1. The number of nitrogens with one attached hydrogen (secondary N) is 1. The van der Waals surface area contributed by atoms with E-state index in [-0.39, 0.29) is 11.6 Å². The minimum absolute atomic E-state index is 0.0118. The van der Waals surface area contributed by atoms with E-state index in [2.05, 4.69) is 10.3 Å². The number of carbonyl (C=O) groups is 1. The molecule has 2 rings (SSSR count). The molecule has 0 saturated carbocycles. The quantitative estimate of drug-likeness (QED) is 0.821. The smallest absolute Gasteiger partial charge is 0.189 e. The first-order valence-corrected chi connectivity index (χ1v) is 6.66. The van der Waals surface area contributed by atoms with Crippen LogP contribution < -0.4 is 15.8 Å². The molecular formula is C13H15N3O2S. The molecule has 100 valence electrons. The molecule has 0 fully saturated rings. The summed E-state index contributed by atoms with van der Waals surface area (Å²) in [7, 11) is 1.62. The van der Waals surface area contributed by atoms with Crippen LogP contribution in [-0.2, 0) is 0 Å². The van der Waals surface area contributed by atoms with E-state index in [9.17, 15) is 4.79 Å². The molecule has 1 aromatic carbocycles. The van der Waals surface area contributed by atoms with Crippen LogP contribution in [0.15, 0.2) is 24.3 Å². The Hall–Kier alpha value is -2.08. The normalized spacial score (nSPS) is 10.2. The van der Waals surface area contributed by atoms with Crippen molar-refractivity contribution in [1.82, 2.24) is 4.98 Å². The topological polar surface area (TPSA) is 77.2 Å². The molecule has 0 aliphatic heterocycles. The fourth-order valence-corrected chi connectivity index (χ4v) is 2.46. The lowest BCUT2D eigenvalue weighted by Crippen LogP contribution is -1.98. The average molecular weight is 277 g/mol. The summed E-state index contributed by atoms with van der Waals surface area (Å²) >= 11 is 1.27. The second kappa shape index (κ2) is 5.71. The van der Waals surface area contributed by atoms with Gasteiger partial charge in [0.2, 0.25) is 0 Å². The van der Waals surface area contributed by atoms with Crippen molar-refractivity contribution in [1.29, 1.82) is 0 Å². The van der Waals surface area contributed by atoms with Gasteiger partial charge >= 0.3 is 0 Å². The van der Waals surface area contributed by atoms with Gasteiger partial charge in [-0.3, -0.25) is 4.79 Å². The Morgan fingerprint density at radius 2 is 2.11 bits per heavy atom. The number of nitrogens with two attached hydrogens (primary N) is 1. The largest absolute Gasteiger partial charge is 0.497 e. The maximum atomic E-state index is 11.6.